The third-order valence-electron chi connectivity index (χ3n) is 4.26. The Morgan fingerprint density at radius 1 is 1.22 bits per heavy atom. The second-order valence-electron chi connectivity index (χ2n) is 6.92. The summed E-state index contributed by atoms with van der Waals surface area (Å²) >= 11 is 3.44. The largest absolute Gasteiger partial charge is 0.481 e. The average molecular weight is 385 g/mol. The van der Waals surface area contributed by atoms with Gasteiger partial charge in [0.2, 0.25) is 0 Å². The number of carboxylic acid groups (broad SMARTS) is 1. The first-order valence-corrected chi connectivity index (χ1v) is 8.46. The van der Waals surface area contributed by atoms with Gasteiger partial charge in [0, 0.05) is 4.47 Å². The Bertz CT molecular complexity index is 568. The highest BCUT2D eigenvalue weighted by Gasteiger charge is 2.36. The molecule has 1 aromatic rings. The van der Waals surface area contributed by atoms with Crippen LogP contribution in [0.1, 0.15) is 52.0 Å². The van der Waals surface area contributed by atoms with Gasteiger partial charge in [-0.1, -0.05) is 48.3 Å². The Morgan fingerprint density at radius 2 is 1.87 bits per heavy atom. The number of hydrogen-bond acceptors (Lipinski definition) is 3. The first-order valence-electron chi connectivity index (χ1n) is 7.67. The first kappa shape index (κ1) is 19.7. The number of ether oxygens (including phenoxy) is 1. The number of benzene rings is 1. The molecule has 1 atom stereocenters. The van der Waals surface area contributed by atoms with Gasteiger partial charge in [0.1, 0.15) is 0 Å². The van der Waals surface area contributed by atoms with Gasteiger partial charge in [0.25, 0.3) is 0 Å². The predicted octanol–water partition coefficient (Wildman–Crippen LogP) is 4.55. The Morgan fingerprint density at radius 3 is 2.39 bits per heavy atom. The lowest BCUT2D eigenvalue weighted by Gasteiger charge is -2.29. The fraction of sp³-hybridized carbons (Fsp3) is 0.556. The zero-order valence-corrected chi connectivity index (χ0v) is 15.8. The summed E-state index contributed by atoms with van der Waals surface area (Å²) in [6, 6.07) is 7.66. The second-order valence-corrected chi connectivity index (χ2v) is 7.84. The highest BCUT2D eigenvalue weighted by atomic mass is 79.9. The second kappa shape index (κ2) is 7.95. The average Bonchev–Trinajstić information content (AvgIpc) is 2.44. The molecule has 0 saturated carbocycles. The molecule has 128 valence electrons. The van der Waals surface area contributed by atoms with Crippen LogP contribution < -0.4 is 0 Å². The molecule has 23 heavy (non-hydrogen) atoms. The van der Waals surface area contributed by atoms with Gasteiger partial charge in [0.05, 0.1) is 18.9 Å². The fourth-order valence-electron chi connectivity index (χ4n) is 2.84. The Kier molecular flexibility index (Phi) is 6.81. The SMILES string of the molecule is COC(=O)C(C)(CCCC(C)(C)CC(=O)O)c1cccc(Br)c1. The van der Waals surface area contributed by atoms with Crippen LogP contribution in [0.2, 0.25) is 0 Å². The van der Waals surface area contributed by atoms with E-state index in [1.54, 1.807) is 0 Å². The van der Waals surface area contributed by atoms with Crippen molar-refractivity contribution in [3.05, 3.63) is 34.3 Å². The van der Waals surface area contributed by atoms with Crippen molar-refractivity contribution in [3.63, 3.8) is 0 Å². The van der Waals surface area contributed by atoms with E-state index in [1.165, 1.54) is 7.11 Å². The molecule has 0 aliphatic heterocycles. The van der Waals surface area contributed by atoms with Crippen molar-refractivity contribution in [3.8, 4) is 0 Å². The van der Waals surface area contributed by atoms with Gasteiger partial charge in [-0.15, -0.1) is 0 Å². The number of carboxylic acids is 1. The van der Waals surface area contributed by atoms with E-state index in [0.29, 0.717) is 6.42 Å². The van der Waals surface area contributed by atoms with Crippen LogP contribution in [-0.2, 0) is 19.7 Å². The maximum absolute atomic E-state index is 12.3. The van der Waals surface area contributed by atoms with Gasteiger partial charge in [-0.05, 0) is 42.9 Å². The van der Waals surface area contributed by atoms with Crippen LogP contribution in [0.15, 0.2) is 28.7 Å². The molecule has 1 unspecified atom stereocenters. The summed E-state index contributed by atoms with van der Waals surface area (Å²) < 4.78 is 5.92. The highest BCUT2D eigenvalue weighted by Crippen LogP contribution is 2.35. The lowest BCUT2D eigenvalue weighted by molar-refractivity contribution is -0.147. The standard InChI is InChI=1S/C18H25BrO4/c1-17(2,12-15(20)21)9-6-10-18(3,16(22)23-4)13-7-5-8-14(19)11-13/h5,7-8,11H,6,9-10,12H2,1-4H3,(H,20,21). The van der Waals surface area contributed by atoms with Gasteiger partial charge in [0.15, 0.2) is 0 Å². The topological polar surface area (TPSA) is 63.6 Å². The van der Waals surface area contributed by atoms with Gasteiger partial charge < -0.3 is 9.84 Å². The maximum Gasteiger partial charge on any atom is 0.315 e. The molecule has 0 radical (unpaired) electrons. The fourth-order valence-corrected chi connectivity index (χ4v) is 3.24. The van der Waals surface area contributed by atoms with E-state index in [2.05, 4.69) is 15.9 Å². The normalized spacial score (nSPS) is 14.1. The minimum absolute atomic E-state index is 0.124. The van der Waals surface area contributed by atoms with Crippen molar-refractivity contribution in [2.75, 3.05) is 7.11 Å². The van der Waals surface area contributed by atoms with Crippen molar-refractivity contribution < 1.29 is 19.4 Å². The molecule has 4 nitrogen and oxygen atoms in total. The Balaban J connectivity index is 2.88. The van der Waals surface area contributed by atoms with Gasteiger partial charge in [-0.3, -0.25) is 9.59 Å². The summed E-state index contributed by atoms with van der Waals surface area (Å²) in [7, 11) is 1.40. The molecule has 0 spiro atoms. The predicted molar refractivity (Wildman–Crippen MR) is 93.4 cm³/mol. The molecule has 1 rings (SSSR count). The van der Waals surface area contributed by atoms with E-state index >= 15 is 0 Å². The number of carbonyl (C=O) groups is 2. The van der Waals surface area contributed by atoms with Crippen LogP contribution in [0.4, 0.5) is 0 Å². The van der Waals surface area contributed by atoms with Gasteiger partial charge >= 0.3 is 11.9 Å². The summed E-state index contributed by atoms with van der Waals surface area (Å²) in [6.07, 6.45) is 2.22. The van der Waals surface area contributed by atoms with Crippen LogP contribution in [0, 0.1) is 5.41 Å². The molecule has 1 N–H and O–H groups in total. The Labute approximate surface area is 146 Å². The van der Waals surface area contributed by atoms with Crippen molar-refractivity contribution >= 4 is 27.9 Å². The van der Waals surface area contributed by atoms with Crippen molar-refractivity contribution in [1.82, 2.24) is 0 Å². The molecule has 1 aromatic carbocycles. The van der Waals surface area contributed by atoms with E-state index < -0.39 is 11.4 Å². The molecule has 0 amide bonds. The molecular weight excluding hydrogens is 360 g/mol. The number of hydrogen-bond donors (Lipinski definition) is 1. The summed E-state index contributed by atoms with van der Waals surface area (Å²) in [5.41, 5.74) is -0.132. The van der Waals surface area contributed by atoms with Gasteiger partial charge in [-0.25, -0.2) is 0 Å². The number of rotatable bonds is 8. The number of methoxy groups -OCH3 is 1. The van der Waals surface area contributed by atoms with Crippen LogP contribution >= 0.6 is 15.9 Å². The van der Waals surface area contributed by atoms with Crippen LogP contribution in [-0.4, -0.2) is 24.2 Å². The summed E-state index contributed by atoms with van der Waals surface area (Å²) in [6.45, 7) is 5.76. The molecule has 0 aliphatic carbocycles. The van der Waals surface area contributed by atoms with Crippen molar-refractivity contribution in [2.45, 2.75) is 51.9 Å². The van der Waals surface area contributed by atoms with E-state index in [9.17, 15) is 9.59 Å². The molecule has 0 bridgehead atoms. The molecule has 0 fully saturated rings. The van der Waals surface area contributed by atoms with Crippen LogP contribution in [0.5, 0.6) is 0 Å². The number of aliphatic carboxylic acids is 1. The molecular formula is C18H25BrO4. The third-order valence-corrected chi connectivity index (χ3v) is 4.75. The molecule has 0 heterocycles. The smallest absolute Gasteiger partial charge is 0.315 e. The van der Waals surface area contributed by atoms with E-state index in [4.69, 9.17) is 9.84 Å². The monoisotopic (exact) mass is 384 g/mol. The first-order chi connectivity index (χ1) is 10.6. The summed E-state index contributed by atoms with van der Waals surface area (Å²) in [5, 5.41) is 8.96. The van der Waals surface area contributed by atoms with E-state index in [1.807, 2.05) is 45.0 Å². The highest BCUT2D eigenvalue weighted by molar-refractivity contribution is 9.10. The summed E-state index contributed by atoms with van der Waals surface area (Å²) in [4.78, 5) is 23.3. The zero-order chi connectivity index (χ0) is 17.7. The number of carbonyl (C=O) groups excluding carboxylic acids is 1. The lowest BCUT2D eigenvalue weighted by Crippen LogP contribution is -2.34. The third kappa shape index (κ3) is 5.65. The molecule has 0 aliphatic rings. The van der Waals surface area contributed by atoms with Crippen molar-refractivity contribution in [1.29, 1.82) is 0 Å². The lowest BCUT2D eigenvalue weighted by atomic mass is 9.75. The molecule has 0 saturated heterocycles. The van der Waals surface area contributed by atoms with Crippen LogP contribution in [0.3, 0.4) is 0 Å². The Hall–Kier alpha value is -1.36. The van der Waals surface area contributed by atoms with Crippen molar-refractivity contribution in [2.24, 2.45) is 5.41 Å². The zero-order valence-electron chi connectivity index (χ0n) is 14.2. The number of halogens is 1. The number of esters is 1. The minimum Gasteiger partial charge on any atom is -0.481 e. The van der Waals surface area contributed by atoms with E-state index in [0.717, 1.165) is 22.9 Å². The van der Waals surface area contributed by atoms with Crippen LogP contribution in [0.25, 0.3) is 0 Å². The molecule has 5 heteroatoms. The quantitative estimate of drug-likeness (QED) is 0.667. The maximum atomic E-state index is 12.3. The van der Waals surface area contributed by atoms with E-state index in [-0.39, 0.29) is 17.8 Å². The molecule has 0 aromatic heterocycles. The minimum atomic E-state index is -0.794. The van der Waals surface area contributed by atoms with Gasteiger partial charge in [-0.2, -0.15) is 0 Å². The summed E-state index contributed by atoms with van der Waals surface area (Å²) in [5.74, 6) is -1.07.